The van der Waals surface area contributed by atoms with Crippen LogP contribution in [0.15, 0.2) is 18.3 Å². The van der Waals surface area contributed by atoms with E-state index in [0.29, 0.717) is 25.4 Å². The number of hydrogen-bond acceptors (Lipinski definition) is 5. The summed E-state index contributed by atoms with van der Waals surface area (Å²) in [4.78, 5) is 15.8. The van der Waals surface area contributed by atoms with Gasteiger partial charge >= 0.3 is 0 Å². The summed E-state index contributed by atoms with van der Waals surface area (Å²) in [5, 5.41) is 6.01. The van der Waals surface area contributed by atoms with E-state index in [2.05, 4.69) is 22.5 Å². The predicted molar refractivity (Wildman–Crippen MR) is 81.2 cm³/mol. The van der Waals surface area contributed by atoms with Crippen LogP contribution in [0.1, 0.15) is 25.5 Å². The van der Waals surface area contributed by atoms with Crippen molar-refractivity contribution in [1.29, 1.82) is 0 Å². The molecule has 0 unspecified atom stereocenters. The molecule has 6 nitrogen and oxygen atoms in total. The van der Waals surface area contributed by atoms with Crippen LogP contribution in [-0.2, 0) is 16.1 Å². The van der Waals surface area contributed by atoms with Gasteiger partial charge in [-0.15, -0.1) is 0 Å². The minimum Gasteiger partial charge on any atom is -0.482 e. The maximum atomic E-state index is 11.5. The molecular formula is C15H25N3O3. The van der Waals surface area contributed by atoms with E-state index in [1.54, 1.807) is 13.3 Å². The molecule has 0 radical (unpaired) electrons. The largest absolute Gasteiger partial charge is 0.482 e. The van der Waals surface area contributed by atoms with Gasteiger partial charge in [0, 0.05) is 26.7 Å². The fraction of sp³-hybridized carbons (Fsp3) is 0.600. The Balaban J connectivity index is 2.22. The number of carbonyl (C=O) groups excluding carboxylic acids is 1. The summed E-state index contributed by atoms with van der Waals surface area (Å²) in [5.74, 6) is 0.495. The van der Waals surface area contributed by atoms with Crippen LogP contribution < -0.4 is 15.4 Å². The lowest BCUT2D eigenvalue weighted by molar-refractivity contribution is -0.123. The molecule has 1 aromatic heterocycles. The SMILES string of the molecule is CCCCNC(=O)COc1ccc(CNCCOC)nc1. The highest BCUT2D eigenvalue weighted by atomic mass is 16.5. The van der Waals surface area contributed by atoms with Crippen molar-refractivity contribution in [2.75, 3.05) is 33.4 Å². The van der Waals surface area contributed by atoms with Crippen molar-refractivity contribution in [3.05, 3.63) is 24.0 Å². The summed E-state index contributed by atoms with van der Waals surface area (Å²) in [6, 6.07) is 3.70. The van der Waals surface area contributed by atoms with Gasteiger partial charge < -0.3 is 20.1 Å². The number of hydrogen-bond donors (Lipinski definition) is 2. The first-order valence-corrected chi connectivity index (χ1v) is 7.30. The topological polar surface area (TPSA) is 72.5 Å². The second kappa shape index (κ2) is 11.0. The predicted octanol–water partition coefficient (Wildman–Crippen LogP) is 1.11. The van der Waals surface area contributed by atoms with Crippen LogP contribution in [0.4, 0.5) is 0 Å². The van der Waals surface area contributed by atoms with E-state index in [9.17, 15) is 4.79 Å². The van der Waals surface area contributed by atoms with Gasteiger partial charge in [-0.05, 0) is 18.6 Å². The van der Waals surface area contributed by atoms with E-state index in [4.69, 9.17) is 9.47 Å². The molecule has 0 fully saturated rings. The van der Waals surface area contributed by atoms with Crippen LogP contribution in [0.3, 0.4) is 0 Å². The minimum absolute atomic E-state index is 0.0246. The monoisotopic (exact) mass is 295 g/mol. The summed E-state index contributed by atoms with van der Waals surface area (Å²) in [6.07, 6.45) is 3.68. The number of carbonyl (C=O) groups is 1. The quantitative estimate of drug-likeness (QED) is 0.598. The third kappa shape index (κ3) is 8.27. The van der Waals surface area contributed by atoms with E-state index in [-0.39, 0.29) is 12.5 Å². The maximum Gasteiger partial charge on any atom is 0.257 e. The van der Waals surface area contributed by atoms with Crippen LogP contribution in [0, 0.1) is 0 Å². The fourth-order valence-electron chi connectivity index (χ4n) is 1.60. The Morgan fingerprint density at radius 3 is 2.86 bits per heavy atom. The third-order valence-corrected chi connectivity index (χ3v) is 2.81. The standard InChI is InChI=1S/C15H25N3O3/c1-3-4-7-17-15(19)12-21-14-6-5-13(18-11-14)10-16-8-9-20-2/h5-6,11,16H,3-4,7-10,12H2,1-2H3,(H,17,19). The van der Waals surface area contributed by atoms with Crippen LogP contribution >= 0.6 is 0 Å². The number of nitrogens with one attached hydrogen (secondary N) is 2. The van der Waals surface area contributed by atoms with Gasteiger partial charge in [0.2, 0.25) is 0 Å². The molecular weight excluding hydrogens is 270 g/mol. The van der Waals surface area contributed by atoms with Crippen molar-refractivity contribution < 1.29 is 14.3 Å². The zero-order chi connectivity index (χ0) is 15.3. The molecule has 0 saturated carbocycles. The molecule has 0 atom stereocenters. The Bertz CT molecular complexity index is 396. The molecule has 1 rings (SSSR count). The van der Waals surface area contributed by atoms with Gasteiger partial charge in [-0.25, -0.2) is 0 Å². The number of ether oxygens (including phenoxy) is 2. The Kier molecular flexibility index (Phi) is 9.15. The van der Waals surface area contributed by atoms with Gasteiger partial charge in [0.25, 0.3) is 5.91 Å². The maximum absolute atomic E-state index is 11.5. The molecule has 1 amide bonds. The first-order valence-electron chi connectivity index (χ1n) is 7.30. The molecule has 2 N–H and O–H groups in total. The van der Waals surface area contributed by atoms with Gasteiger partial charge in [-0.3, -0.25) is 9.78 Å². The van der Waals surface area contributed by atoms with Crippen molar-refractivity contribution in [1.82, 2.24) is 15.6 Å². The highest BCUT2D eigenvalue weighted by Gasteiger charge is 2.02. The van der Waals surface area contributed by atoms with Crippen LogP contribution in [0.2, 0.25) is 0 Å². The number of pyridine rings is 1. The molecule has 6 heteroatoms. The molecule has 0 bridgehead atoms. The lowest BCUT2D eigenvalue weighted by atomic mass is 10.3. The van der Waals surface area contributed by atoms with Crippen molar-refractivity contribution in [2.45, 2.75) is 26.3 Å². The van der Waals surface area contributed by atoms with Crippen molar-refractivity contribution in [3.8, 4) is 5.75 Å². The third-order valence-electron chi connectivity index (χ3n) is 2.81. The molecule has 0 aromatic carbocycles. The molecule has 118 valence electrons. The van der Waals surface area contributed by atoms with E-state index < -0.39 is 0 Å². The number of nitrogens with zero attached hydrogens (tertiary/aromatic N) is 1. The van der Waals surface area contributed by atoms with E-state index in [1.807, 2.05) is 12.1 Å². The molecule has 1 aromatic rings. The molecule has 0 spiro atoms. The van der Waals surface area contributed by atoms with Crippen LogP contribution in [0.5, 0.6) is 5.75 Å². The Hall–Kier alpha value is -1.66. The van der Waals surface area contributed by atoms with E-state index in [1.165, 1.54) is 0 Å². The van der Waals surface area contributed by atoms with Gasteiger partial charge in [-0.2, -0.15) is 0 Å². The average molecular weight is 295 g/mol. The van der Waals surface area contributed by atoms with Crippen LogP contribution in [0.25, 0.3) is 0 Å². The molecule has 1 heterocycles. The lowest BCUT2D eigenvalue weighted by Crippen LogP contribution is -2.29. The summed E-state index contributed by atoms with van der Waals surface area (Å²) >= 11 is 0. The number of unbranched alkanes of at least 4 members (excludes halogenated alkanes) is 1. The summed E-state index contributed by atoms with van der Waals surface area (Å²) in [5.41, 5.74) is 0.922. The van der Waals surface area contributed by atoms with Crippen LogP contribution in [-0.4, -0.2) is 44.3 Å². The smallest absolute Gasteiger partial charge is 0.257 e. The van der Waals surface area contributed by atoms with E-state index >= 15 is 0 Å². The second-order valence-electron chi connectivity index (χ2n) is 4.65. The Morgan fingerprint density at radius 1 is 1.33 bits per heavy atom. The Labute approximate surface area is 126 Å². The normalized spacial score (nSPS) is 10.4. The molecule has 0 aliphatic carbocycles. The zero-order valence-electron chi connectivity index (χ0n) is 12.9. The summed E-state index contributed by atoms with van der Waals surface area (Å²) in [6.45, 7) is 4.95. The fourth-order valence-corrected chi connectivity index (χ4v) is 1.60. The zero-order valence-corrected chi connectivity index (χ0v) is 12.9. The van der Waals surface area contributed by atoms with Crippen molar-refractivity contribution >= 4 is 5.91 Å². The van der Waals surface area contributed by atoms with Gasteiger partial charge in [0.15, 0.2) is 6.61 Å². The molecule has 21 heavy (non-hydrogen) atoms. The number of rotatable bonds is 11. The average Bonchev–Trinajstić information content (AvgIpc) is 2.51. The highest BCUT2D eigenvalue weighted by Crippen LogP contribution is 2.08. The molecule has 0 saturated heterocycles. The summed E-state index contributed by atoms with van der Waals surface area (Å²) in [7, 11) is 1.67. The lowest BCUT2D eigenvalue weighted by Gasteiger charge is -2.08. The molecule has 0 aliphatic rings. The highest BCUT2D eigenvalue weighted by molar-refractivity contribution is 5.77. The number of amides is 1. The first kappa shape index (κ1) is 17.4. The van der Waals surface area contributed by atoms with Crippen molar-refractivity contribution in [3.63, 3.8) is 0 Å². The van der Waals surface area contributed by atoms with Gasteiger partial charge in [-0.1, -0.05) is 13.3 Å². The van der Waals surface area contributed by atoms with E-state index in [0.717, 1.165) is 25.1 Å². The Morgan fingerprint density at radius 2 is 2.19 bits per heavy atom. The minimum atomic E-state index is -0.103. The van der Waals surface area contributed by atoms with Crippen molar-refractivity contribution in [2.24, 2.45) is 0 Å². The number of methoxy groups -OCH3 is 1. The number of aromatic nitrogens is 1. The summed E-state index contributed by atoms with van der Waals surface area (Å²) < 4.78 is 10.3. The van der Waals surface area contributed by atoms with Gasteiger partial charge in [0.05, 0.1) is 18.5 Å². The van der Waals surface area contributed by atoms with Gasteiger partial charge in [0.1, 0.15) is 5.75 Å². The first-order chi connectivity index (χ1) is 10.3. The second-order valence-corrected chi connectivity index (χ2v) is 4.65. The molecule has 0 aliphatic heterocycles.